The van der Waals surface area contributed by atoms with E-state index in [9.17, 15) is 9.59 Å². The van der Waals surface area contributed by atoms with E-state index in [0.29, 0.717) is 29.5 Å². The Labute approximate surface area is 171 Å². The summed E-state index contributed by atoms with van der Waals surface area (Å²) in [5, 5.41) is 0.489. The number of benzene rings is 2. The van der Waals surface area contributed by atoms with E-state index in [1.54, 1.807) is 24.9 Å². The van der Waals surface area contributed by atoms with Crippen LogP contribution in [0.1, 0.15) is 12.0 Å². The van der Waals surface area contributed by atoms with Crippen LogP contribution in [0.5, 0.6) is 0 Å². The Hall–Kier alpha value is -1.73. The van der Waals surface area contributed by atoms with Gasteiger partial charge in [-0.25, -0.2) is 0 Å². The lowest BCUT2D eigenvalue weighted by Crippen LogP contribution is -2.29. The molecule has 3 rings (SSSR count). The van der Waals surface area contributed by atoms with Gasteiger partial charge in [0.15, 0.2) is 0 Å². The first-order valence-corrected chi connectivity index (χ1v) is 10.4. The molecule has 1 heterocycles. The number of methoxy groups -OCH3 is 1. The van der Waals surface area contributed by atoms with Gasteiger partial charge in [-0.1, -0.05) is 35.5 Å². The molecular formula is C20H18ClNO3S2. The summed E-state index contributed by atoms with van der Waals surface area (Å²) in [6.07, 6.45) is 2.40. The minimum Gasteiger partial charge on any atom is -0.385 e. The molecule has 1 saturated heterocycles. The molecule has 0 radical (unpaired) electrons. The highest BCUT2D eigenvalue weighted by Crippen LogP contribution is 2.33. The van der Waals surface area contributed by atoms with Gasteiger partial charge in [-0.15, -0.1) is 0 Å². The zero-order valence-electron chi connectivity index (χ0n) is 14.7. The third kappa shape index (κ3) is 5.39. The summed E-state index contributed by atoms with van der Waals surface area (Å²) in [6.45, 7) is 0.903. The van der Waals surface area contributed by atoms with Gasteiger partial charge in [-0.2, -0.15) is 0 Å². The molecule has 0 bridgehead atoms. The average Bonchev–Trinajstić information content (AvgIpc) is 2.93. The summed E-state index contributed by atoms with van der Waals surface area (Å²) >= 11 is 8.52. The number of nitrogens with zero attached hydrogens (tertiary/aromatic N) is 1. The van der Waals surface area contributed by atoms with Crippen molar-refractivity contribution in [1.82, 2.24) is 4.90 Å². The average molecular weight is 420 g/mol. The third-order valence-corrected chi connectivity index (χ3v) is 6.01. The summed E-state index contributed by atoms with van der Waals surface area (Å²) in [7, 11) is 1.60. The maximum atomic E-state index is 12.4. The minimum atomic E-state index is -0.235. The maximum absolute atomic E-state index is 12.4. The van der Waals surface area contributed by atoms with Crippen LogP contribution in [0.3, 0.4) is 0 Å². The molecule has 2 aromatic carbocycles. The molecule has 1 fully saturated rings. The molecular weight excluding hydrogens is 402 g/mol. The van der Waals surface area contributed by atoms with E-state index in [-0.39, 0.29) is 11.1 Å². The molecule has 140 valence electrons. The van der Waals surface area contributed by atoms with Crippen LogP contribution in [-0.2, 0) is 9.53 Å². The fourth-order valence-electron chi connectivity index (χ4n) is 2.48. The topological polar surface area (TPSA) is 46.6 Å². The van der Waals surface area contributed by atoms with E-state index in [2.05, 4.69) is 0 Å². The van der Waals surface area contributed by atoms with Crippen LogP contribution in [0.2, 0.25) is 5.02 Å². The quantitative estimate of drug-likeness (QED) is 0.434. The Balaban J connectivity index is 1.65. The van der Waals surface area contributed by atoms with E-state index in [0.717, 1.165) is 27.1 Å². The minimum absolute atomic E-state index is 0.225. The molecule has 4 nitrogen and oxygen atoms in total. The van der Waals surface area contributed by atoms with E-state index in [1.807, 2.05) is 48.5 Å². The highest BCUT2D eigenvalue weighted by molar-refractivity contribution is 8.18. The predicted molar refractivity (Wildman–Crippen MR) is 111 cm³/mol. The summed E-state index contributed by atoms with van der Waals surface area (Å²) in [5.74, 6) is -0.235. The Morgan fingerprint density at radius 2 is 1.70 bits per heavy atom. The number of hydrogen-bond acceptors (Lipinski definition) is 5. The van der Waals surface area contributed by atoms with Crippen molar-refractivity contribution in [1.29, 1.82) is 0 Å². The second-order valence-electron chi connectivity index (χ2n) is 5.80. The number of carbonyl (C=O) groups is 2. The van der Waals surface area contributed by atoms with Gasteiger partial charge in [-0.3, -0.25) is 14.5 Å². The monoisotopic (exact) mass is 419 g/mol. The number of carbonyl (C=O) groups excluding carboxylic acids is 2. The van der Waals surface area contributed by atoms with Gasteiger partial charge in [0, 0.05) is 35.1 Å². The molecule has 2 amide bonds. The molecule has 1 aliphatic heterocycles. The van der Waals surface area contributed by atoms with Gasteiger partial charge >= 0.3 is 0 Å². The number of hydrogen-bond donors (Lipinski definition) is 0. The molecule has 0 N–H and O–H groups in total. The Kier molecular flexibility index (Phi) is 7.01. The number of rotatable bonds is 7. The van der Waals surface area contributed by atoms with Gasteiger partial charge in [0.25, 0.3) is 11.1 Å². The molecule has 0 saturated carbocycles. The van der Waals surface area contributed by atoms with E-state index < -0.39 is 0 Å². The van der Waals surface area contributed by atoms with Crippen molar-refractivity contribution in [2.75, 3.05) is 20.3 Å². The van der Waals surface area contributed by atoms with E-state index >= 15 is 0 Å². The van der Waals surface area contributed by atoms with Crippen LogP contribution in [-0.4, -0.2) is 36.3 Å². The number of ether oxygens (including phenoxy) is 1. The molecule has 0 unspecified atom stereocenters. The first kappa shape index (κ1) is 20.0. The van der Waals surface area contributed by atoms with Gasteiger partial charge in [0.2, 0.25) is 0 Å². The van der Waals surface area contributed by atoms with Crippen LogP contribution < -0.4 is 0 Å². The fourth-order valence-corrected chi connectivity index (χ4v) is 4.29. The fraction of sp³-hybridized carbons (Fsp3) is 0.200. The lowest BCUT2D eigenvalue weighted by Gasteiger charge is -2.11. The van der Waals surface area contributed by atoms with Crippen LogP contribution in [0.4, 0.5) is 4.79 Å². The van der Waals surface area contributed by atoms with Crippen LogP contribution >= 0.6 is 35.1 Å². The van der Waals surface area contributed by atoms with Crippen LogP contribution in [0, 0.1) is 0 Å². The zero-order chi connectivity index (χ0) is 19.2. The van der Waals surface area contributed by atoms with Gasteiger partial charge < -0.3 is 4.74 Å². The normalized spacial score (nSPS) is 15.8. The second kappa shape index (κ2) is 9.46. The molecule has 27 heavy (non-hydrogen) atoms. The number of halogens is 1. The lowest BCUT2D eigenvalue weighted by atomic mass is 10.2. The Bertz CT molecular complexity index is 851. The van der Waals surface area contributed by atoms with Crippen molar-refractivity contribution < 1.29 is 14.3 Å². The number of imide groups is 1. The van der Waals surface area contributed by atoms with Crippen LogP contribution in [0.25, 0.3) is 6.08 Å². The SMILES string of the molecule is COCCCN1C(=O)S/C(=C/c2ccc(Sc3ccc(Cl)cc3)cc2)C1=O. The molecule has 0 aromatic heterocycles. The zero-order valence-corrected chi connectivity index (χ0v) is 17.1. The molecule has 2 aromatic rings. The summed E-state index contributed by atoms with van der Waals surface area (Å²) < 4.78 is 4.97. The molecule has 7 heteroatoms. The third-order valence-electron chi connectivity index (χ3n) is 3.83. The highest BCUT2D eigenvalue weighted by Gasteiger charge is 2.34. The van der Waals surface area contributed by atoms with Crippen molar-refractivity contribution in [2.24, 2.45) is 0 Å². The van der Waals surface area contributed by atoms with Crippen molar-refractivity contribution in [2.45, 2.75) is 16.2 Å². The summed E-state index contributed by atoms with van der Waals surface area (Å²) in [4.78, 5) is 28.4. The lowest BCUT2D eigenvalue weighted by molar-refractivity contribution is -0.122. The van der Waals surface area contributed by atoms with Gasteiger partial charge in [0.1, 0.15) is 0 Å². The predicted octanol–water partition coefficient (Wildman–Crippen LogP) is 5.56. The standard InChI is InChI=1S/C20H18ClNO3S2/c1-25-12-2-11-22-19(23)18(27-20(22)24)13-14-3-7-16(8-4-14)26-17-9-5-15(21)6-10-17/h3-10,13H,2,11-12H2,1H3/b18-13+. The van der Waals surface area contributed by atoms with Crippen molar-refractivity contribution >= 4 is 52.3 Å². The van der Waals surface area contributed by atoms with Gasteiger partial charge in [-0.05, 0) is 66.2 Å². The second-order valence-corrected chi connectivity index (χ2v) is 8.38. The Morgan fingerprint density at radius 1 is 1.07 bits per heavy atom. The van der Waals surface area contributed by atoms with E-state index in [4.69, 9.17) is 16.3 Å². The largest absolute Gasteiger partial charge is 0.385 e. The number of thioether (sulfide) groups is 1. The first-order chi connectivity index (χ1) is 13.1. The summed E-state index contributed by atoms with van der Waals surface area (Å²) in [6, 6.07) is 15.5. The maximum Gasteiger partial charge on any atom is 0.293 e. The van der Waals surface area contributed by atoms with Crippen molar-refractivity contribution in [3.05, 3.63) is 64.0 Å². The summed E-state index contributed by atoms with van der Waals surface area (Å²) in [5.41, 5.74) is 0.887. The first-order valence-electron chi connectivity index (χ1n) is 8.34. The molecule has 0 aliphatic carbocycles. The highest BCUT2D eigenvalue weighted by atomic mass is 35.5. The van der Waals surface area contributed by atoms with Crippen molar-refractivity contribution in [3.63, 3.8) is 0 Å². The Morgan fingerprint density at radius 3 is 2.33 bits per heavy atom. The van der Waals surface area contributed by atoms with Crippen molar-refractivity contribution in [3.8, 4) is 0 Å². The van der Waals surface area contributed by atoms with E-state index in [1.165, 1.54) is 4.90 Å². The molecule has 0 atom stereocenters. The van der Waals surface area contributed by atoms with Gasteiger partial charge in [0.05, 0.1) is 4.91 Å². The molecule has 0 spiro atoms. The number of amides is 2. The smallest absolute Gasteiger partial charge is 0.293 e. The van der Waals surface area contributed by atoms with Crippen LogP contribution in [0.15, 0.2) is 63.2 Å². The molecule has 1 aliphatic rings.